The van der Waals surface area contributed by atoms with Crippen LogP contribution in [0.4, 0.5) is 0 Å². The maximum atomic E-state index is 3.91. The van der Waals surface area contributed by atoms with Crippen molar-refractivity contribution >= 4 is 12.6 Å². The summed E-state index contributed by atoms with van der Waals surface area (Å²) in [6.07, 6.45) is 5.82. The van der Waals surface area contributed by atoms with E-state index in [0.717, 1.165) is 0 Å². The molecule has 1 heteroatoms. The minimum Gasteiger partial charge on any atom is -0.152 e. The van der Waals surface area contributed by atoms with E-state index in [-0.39, 0.29) is 0 Å². The van der Waals surface area contributed by atoms with Crippen LogP contribution in [0, 0.1) is 0 Å². The zero-order chi connectivity index (χ0) is 5.54. The normalized spacial score (nSPS) is 10.6. The van der Waals surface area contributed by atoms with Crippen molar-refractivity contribution in [1.29, 1.82) is 0 Å². The maximum absolute atomic E-state index is 3.91. The van der Waals surface area contributed by atoms with Gasteiger partial charge in [-0.15, -0.1) is 0 Å². The van der Waals surface area contributed by atoms with Crippen LogP contribution in [0.15, 0.2) is 11.5 Å². The fourth-order valence-corrected chi connectivity index (χ4v) is 0.546. The Balaban J connectivity index is 2.69. The second-order valence-corrected chi connectivity index (χ2v) is 1.83. The molecule has 0 nitrogen and oxygen atoms in total. The molecule has 0 spiro atoms. The van der Waals surface area contributed by atoms with E-state index in [1.54, 1.807) is 5.41 Å². The highest BCUT2D eigenvalue weighted by Crippen LogP contribution is 1.94. The number of thiol groups is 1. The van der Waals surface area contributed by atoms with Crippen molar-refractivity contribution in [1.82, 2.24) is 0 Å². The molecule has 0 aliphatic carbocycles. The third kappa shape index (κ3) is 6.09. The number of allylic oxidation sites excluding steroid dienone is 1. The van der Waals surface area contributed by atoms with E-state index in [1.807, 2.05) is 0 Å². The van der Waals surface area contributed by atoms with Gasteiger partial charge in [0.15, 0.2) is 0 Å². The number of unbranched alkanes of at least 4 members (excludes halogenated alkanes) is 2. The highest BCUT2D eigenvalue weighted by Gasteiger charge is 1.73. The van der Waals surface area contributed by atoms with Gasteiger partial charge in [-0.3, -0.25) is 0 Å². The molecule has 7 heavy (non-hydrogen) atoms. The lowest BCUT2D eigenvalue weighted by atomic mass is 10.2. The van der Waals surface area contributed by atoms with Gasteiger partial charge < -0.3 is 0 Å². The van der Waals surface area contributed by atoms with Crippen molar-refractivity contribution in [2.75, 3.05) is 0 Å². The second-order valence-electron chi connectivity index (χ2n) is 1.53. The lowest BCUT2D eigenvalue weighted by molar-refractivity contribution is 0.815. The SMILES string of the molecule is CCCC/C=C\S. The highest BCUT2D eigenvalue weighted by molar-refractivity contribution is 7.83. The number of hydrogen-bond acceptors (Lipinski definition) is 1. The van der Waals surface area contributed by atoms with Crippen LogP contribution < -0.4 is 0 Å². The lowest BCUT2D eigenvalue weighted by Gasteiger charge is -1.83. The number of hydrogen-bond donors (Lipinski definition) is 1. The fourth-order valence-electron chi connectivity index (χ4n) is 0.397. The molecule has 0 aliphatic rings. The molecule has 0 bridgehead atoms. The summed E-state index contributed by atoms with van der Waals surface area (Å²) in [4.78, 5) is 0. The third-order valence-corrected chi connectivity index (χ3v) is 1.04. The minimum absolute atomic E-state index is 1.18. The van der Waals surface area contributed by atoms with Crippen molar-refractivity contribution in [3.63, 3.8) is 0 Å². The Kier molecular flexibility index (Phi) is 6.17. The Morgan fingerprint density at radius 2 is 2.29 bits per heavy atom. The average Bonchev–Trinajstić information content (AvgIpc) is 1.69. The van der Waals surface area contributed by atoms with E-state index < -0.39 is 0 Å². The number of rotatable bonds is 3. The predicted octanol–water partition coefficient (Wildman–Crippen LogP) is 2.62. The van der Waals surface area contributed by atoms with E-state index >= 15 is 0 Å². The smallest absolute Gasteiger partial charge is 0.0343 e. The summed E-state index contributed by atoms with van der Waals surface area (Å²) in [5.74, 6) is 0. The molecule has 0 rings (SSSR count). The lowest BCUT2D eigenvalue weighted by Crippen LogP contribution is -1.63. The van der Waals surface area contributed by atoms with Crippen LogP contribution in [-0.2, 0) is 0 Å². The molecule has 0 aromatic carbocycles. The molecule has 0 aromatic rings. The first-order valence-electron chi connectivity index (χ1n) is 2.71. The summed E-state index contributed by atoms with van der Waals surface area (Å²) in [6, 6.07) is 0. The molecule has 0 unspecified atom stereocenters. The summed E-state index contributed by atoms with van der Waals surface area (Å²) in [5, 5.41) is 1.80. The Morgan fingerprint density at radius 1 is 1.57 bits per heavy atom. The van der Waals surface area contributed by atoms with E-state index in [9.17, 15) is 0 Å². The van der Waals surface area contributed by atoms with Crippen molar-refractivity contribution in [3.05, 3.63) is 11.5 Å². The van der Waals surface area contributed by atoms with Gasteiger partial charge in [-0.2, -0.15) is 12.6 Å². The first-order chi connectivity index (χ1) is 3.41. The van der Waals surface area contributed by atoms with Gasteiger partial charge in [0.2, 0.25) is 0 Å². The molecule has 0 atom stereocenters. The largest absolute Gasteiger partial charge is 0.152 e. The summed E-state index contributed by atoms with van der Waals surface area (Å²) in [7, 11) is 0. The molecule has 0 heterocycles. The molecule has 42 valence electrons. The third-order valence-electron chi connectivity index (χ3n) is 0.830. The summed E-state index contributed by atoms with van der Waals surface area (Å²) < 4.78 is 0. The van der Waals surface area contributed by atoms with Gasteiger partial charge in [-0.25, -0.2) is 0 Å². The zero-order valence-electron chi connectivity index (χ0n) is 4.72. The van der Waals surface area contributed by atoms with Crippen LogP contribution in [0.2, 0.25) is 0 Å². The molecule has 0 aliphatic heterocycles. The maximum Gasteiger partial charge on any atom is -0.0343 e. The van der Waals surface area contributed by atoms with Crippen molar-refractivity contribution in [2.24, 2.45) is 0 Å². The molecule has 0 saturated heterocycles. The molecule has 0 aromatic heterocycles. The predicted molar refractivity (Wildman–Crippen MR) is 37.7 cm³/mol. The molecule has 0 saturated carbocycles. The quantitative estimate of drug-likeness (QED) is 0.425. The average molecular weight is 116 g/mol. The Labute approximate surface area is 51.0 Å². The molecule has 0 N–H and O–H groups in total. The monoisotopic (exact) mass is 116 g/mol. The van der Waals surface area contributed by atoms with Crippen molar-refractivity contribution in [2.45, 2.75) is 26.2 Å². The Morgan fingerprint density at radius 3 is 2.71 bits per heavy atom. The van der Waals surface area contributed by atoms with Crippen LogP contribution in [0.3, 0.4) is 0 Å². The van der Waals surface area contributed by atoms with E-state index in [0.29, 0.717) is 0 Å². The molecular weight excluding hydrogens is 104 g/mol. The molecule has 0 radical (unpaired) electrons. The first kappa shape index (κ1) is 7.09. The standard InChI is InChI=1S/C6H12S/c1-2-3-4-5-6-7/h5-7H,2-4H2,1H3/b6-5-. The van der Waals surface area contributed by atoms with Gasteiger partial charge in [0.25, 0.3) is 0 Å². The first-order valence-corrected chi connectivity index (χ1v) is 3.22. The minimum atomic E-state index is 1.18. The molecular formula is C6H12S. The summed E-state index contributed by atoms with van der Waals surface area (Å²) >= 11 is 3.91. The van der Waals surface area contributed by atoms with Crippen LogP contribution in [0.5, 0.6) is 0 Å². The van der Waals surface area contributed by atoms with Gasteiger partial charge >= 0.3 is 0 Å². The van der Waals surface area contributed by atoms with Crippen LogP contribution in [0.25, 0.3) is 0 Å². The highest BCUT2D eigenvalue weighted by atomic mass is 32.1. The van der Waals surface area contributed by atoms with E-state index in [4.69, 9.17) is 0 Å². The molecule has 0 amide bonds. The van der Waals surface area contributed by atoms with Crippen LogP contribution in [-0.4, -0.2) is 0 Å². The van der Waals surface area contributed by atoms with Gasteiger partial charge in [0.1, 0.15) is 0 Å². The van der Waals surface area contributed by atoms with Gasteiger partial charge in [-0.05, 0) is 11.8 Å². The Bertz CT molecular complexity index is 48.1. The second kappa shape index (κ2) is 6.09. The topological polar surface area (TPSA) is 0 Å². The van der Waals surface area contributed by atoms with Gasteiger partial charge in [0, 0.05) is 0 Å². The van der Waals surface area contributed by atoms with E-state index in [1.165, 1.54) is 19.3 Å². The van der Waals surface area contributed by atoms with Crippen LogP contribution in [0.1, 0.15) is 26.2 Å². The van der Waals surface area contributed by atoms with Gasteiger partial charge in [-0.1, -0.05) is 25.8 Å². The van der Waals surface area contributed by atoms with Crippen molar-refractivity contribution < 1.29 is 0 Å². The van der Waals surface area contributed by atoms with E-state index in [2.05, 4.69) is 25.6 Å². The summed E-state index contributed by atoms with van der Waals surface area (Å²) in [6.45, 7) is 2.19. The fraction of sp³-hybridized carbons (Fsp3) is 0.667. The molecule has 0 fully saturated rings. The van der Waals surface area contributed by atoms with Crippen LogP contribution >= 0.6 is 12.6 Å². The van der Waals surface area contributed by atoms with Gasteiger partial charge in [0.05, 0.1) is 0 Å². The summed E-state index contributed by atoms with van der Waals surface area (Å²) in [5.41, 5.74) is 0. The Hall–Kier alpha value is 0.0900. The van der Waals surface area contributed by atoms with Crippen molar-refractivity contribution in [3.8, 4) is 0 Å². The zero-order valence-corrected chi connectivity index (χ0v) is 5.62.